The minimum absolute atomic E-state index is 0.145. The molecule has 1 spiro atoms. The number of fused-ring (bicyclic) bond motifs is 4. The highest BCUT2D eigenvalue weighted by atomic mass is 32.2. The minimum atomic E-state index is -0.435. The van der Waals surface area contributed by atoms with Gasteiger partial charge in [-0.15, -0.1) is 23.5 Å². The van der Waals surface area contributed by atoms with E-state index in [1.165, 1.54) is 17.1 Å². The van der Waals surface area contributed by atoms with Crippen molar-refractivity contribution in [1.82, 2.24) is 9.97 Å². The van der Waals surface area contributed by atoms with Crippen LogP contribution in [0.5, 0.6) is 0 Å². The molecular formula is C13H12N2O2S2. The van der Waals surface area contributed by atoms with Crippen LogP contribution in [0.3, 0.4) is 0 Å². The van der Waals surface area contributed by atoms with Gasteiger partial charge in [0.1, 0.15) is 0 Å². The number of hydrogen-bond acceptors (Lipinski definition) is 4. The first kappa shape index (κ1) is 11.7. The predicted molar refractivity (Wildman–Crippen MR) is 80.1 cm³/mol. The molecule has 1 aliphatic carbocycles. The second-order valence-electron chi connectivity index (χ2n) is 4.87. The Morgan fingerprint density at radius 2 is 1.89 bits per heavy atom. The Morgan fingerprint density at radius 3 is 2.68 bits per heavy atom. The number of aryl methyl sites for hydroxylation is 1. The third-order valence-corrected chi connectivity index (χ3v) is 7.45. The van der Waals surface area contributed by atoms with E-state index in [4.69, 9.17) is 0 Å². The van der Waals surface area contributed by atoms with Crippen molar-refractivity contribution >= 4 is 34.4 Å². The highest BCUT2D eigenvalue weighted by Gasteiger charge is 2.43. The van der Waals surface area contributed by atoms with Gasteiger partial charge < -0.3 is 4.98 Å². The zero-order chi connectivity index (χ0) is 13.0. The van der Waals surface area contributed by atoms with Crippen LogP contribution in [0, 0.1) is 0 Å². The molecule has 2 N–H and O–H groups in total. The second kappa shape index (κ2) is 3.93. The van der Waals surface area contributed by atoms with Gasteiger partial charge in [0.05, 0.1) is 15.0 Å². The Hall–Kier alpha value is -1.14. The van der Waals surface area contributed by atoms with Gasteiger partial charge in [-0.1, -0.05) is 6.07 Å². The van der Waals surface area contributed by atoms with Gasteiger partial charge in [0.25, 0.3) is 5.56 Å². The molecule has 4 rings (SSSR count). The molecule has 1 aliphatic heterocycles. The van der Waals surface area contributed by atoms with Crippen molar-refractivity contribution in [2.75, 3.05) is 11.5 Å². The largest absolute Gasteiger partial charge is 0.326 e. The maximum absolute atomic E-state index is 12.1. The van der Waals surface area contributed by atoms with E-state index in [0.717, 1.165) is 18.4 Å². The standard InChI is InChI=1S/C13H12N2O2S2/c16-11-10-7-3-4-13(18-5-6-19-13)8(7)1-2-9(10)14-12(17)15-11/h1-2H,3-6H2,(H2,14,15,16,17). The molecule has 0 atom stereocenters. The summed E-state index contributed by atoms with van der Waals surface area (Å²) < 4.78 is 0.145. The van der Waals surface area contributed by atoms with Crippen LogP contribution < -0.4 is 11.2 Å². The van der Waals surface area contributed by atoms with Gasteiger partial charge in [-0.25, -0.2) is 4.79 Å². The number of rotatable bonds is 0. The Labute approximate surface area is 117 Å². The molecule has 1 aromatic carbocycles. The zero-order valence-electron chi connectivity index (χ0n) is 10.1. The predicted octanol–water partition coefficient (Wildman–Crippen LogP) is 1.80. The van der Waals surface area contributed by atoms with E-state index in [1.54, 1.807) is 0 Å². The maximum atomic E-state index is 12.1. The number of hydrogen-bond donors (Lipinski definition) is 2. The molecule has 1 saturated heterocycles. The fraction of sp³-hybridized carbons (Fsp3) is 0.385. The van der Waals surface area contributed by atoms with Crippen LogP contribution in [0.4, 0.5) is 0 Å². The smallest absolute Gasteiger partial charge is 0.307 e. The molecule has 2 heterocycles. The maximum Gasteiger partial charge on any atom is 0.326 e. The zero-order valence-corrected chi connectivity index (χ0v) is 11.7. The minimum Gasteiger partial charge on any atom is -0.307 e. The average Bonchev–Trinajstić information content (AvgIpc) is 2.98. The summed E-state index contributed by atoms with van der Waals surface area (Å²) in [6, 6.07) is 3.96. The van der Waals surface area contributed by atoms with Crippen molar-refractivity contribution in [3.63, 3.8) is 0 Å². The molecule has 2 aliphatic rings. The molecule has 19 heavy (non-hydrogen) atoms. The fourth-order valence-electron chi connectivity index (χ4n) is 3.13. The van der Waals surface area contributed by atoms with Crippen molar-refractivity contribution in [2.45, 2.75) is 16.9 Å². The summed E-state index contributed by atoms with van der Waals surface area (Å²) in [5.74, 6) is 2.34. The van der Waals surface area contributed by atoms with Crippen molar-refractivity contribution in [3.05, 3.63) is 44.1 Å². The van der Waals surface area contributed by atoms with Crippen LogP contribution in [0.15, 0.2) is 21.7 Å². The van der Waals surface area contributed by atoms with Crippen LogP contribution in [-0.4, -0.2) is 21.5 Å². The summed E-state index contributed by atoms with van der Waals surface area (Å²) in [4.78, 5) is 28.5. The van der Waals surface area contributed by atoms with Gasteiger partial charge in [-0.2, -0.15) is 0 Å². The van der Waals surface area contributed by atoms with E-state index in [9.17, 15) is 9.59 Å². The SMILES string of the molecule is O=c1[nH]c(=O)c2c3c(ccc2[nH]1)C1(CC3)SCCS1. The molecule has 98 valence electrons. The summed E-state index contributed by atoms with van der Waals surface area (Å²) in [6.45, 7) is 0. The topological polar surface area (TPSA) is 65.7 Å². The molecule has 0 bridgehead atoms. The summed E-state index contributed by atoms with van der Waals surface area (Å²) in [5.41, 5.74) is 2.36. The van der Waals surface area contributed by atoms with Crippen molar-refractivity contribution in [3.8, 4) is 0 Å². The number of nitrogens with one attached hydrogen (secondary N) is 2. The highest BCUT2D eigenvalue weighted by Crippen LogP contribution is 2.59. The van der Waals surface area contributed by atoms with Crippen LogP contribution in [-0.2, 0) is 10.5 Å². The Bertz CT molecular complexity index is 787. The lowest BCUT2D eigenvalue weighted by atomic mass is 10.1. The van der Waals surface area contributed by atoms with Crippen LogP contribution in [0.25, 0.3) is 10.9 Å². The van der Waals surface area contributed by atoms with Gasteiger partial charge in [0.2, 0.25) is 0 Å². The quantitative estimate of drug-likeness (QED) is 0.777. The van der Waals surface area contributed by atoms with E-state index in [2.05, 4.69) is 16.0 Å². The number of aromatic nitrogens is 2. The molecular weight excluding hydrogens is 280 g/mol. The van der Waals surface area contributed by atoms with Crippen molar-refractivity contribution in [1.29, 1.82) is 0 Å². The van der Waals surface area contributed by atoms with Gasteiger partial charge in [0, 0.05) is 11.5 Å². The average molecular weight is 292 g/mol. The van der Waals surface area contributed by atoms with E-state index in [0.29, 0.717) is 10.9 Å². The van der Waals surface area contributed by atoms with Gasteiger partial charge in [-0.3, -0.25) is 9.78 Å². The normalized spacial score (nSPS) is 20.2. The third kappa shape index (κ3) is 1.56. The van der Waals surface area contributed by atoms with E-state index >= 15 is 0 Å². The molecule has 0 radical (unpaired) electrons. The van der Waals surface area contributed by atoms with Crippen LogP contribution >= 0.6 is 23.5 Å². The van der Waals surface area contributed by atoms with E-state index < -0.39 is 5.69 Å². The third-order valence-electron chi connectivity index (χ3n) is 3.88. The van der Waals surface area contributed by atoms with Gasteiger partial charge in [0.15, 0.2) is 0 Å². The number of H-pyrrole nitrogens is 2. The molecule has 2 aromatic rings. The fourth-order valence-corrected chi connectivity index (χ4v) is 6.47. The lowest BCUT2D eigenvalue weighted by Gasteiger charge is -2.22. The molecule has 6 heteroatoms. The van der Waals surface area contributed by atoms with Gasteiger partial charge >= 0.3 is 5.69 Å². The Balaban J connectivity index is 2.07. The van der Waals surface area contributed by atoms with Crippen LogP contribution in [0.1, 0.15) is 17.5 Å². The van der Waals surface area contributed by atoms with Gasteiger partial charge in [-0.05, 0) is 30.0 Å². The Morgan fingerprint density at radius 1 is 1.11 bits per heavy atom. The van der Waals surface area contributed by atoms with E-state index in [1.807, 2.05) is 29.6 Å². The molecule has 1 aromatic heterocycles. The highest BCUT2D eigenvalue weighted by molar-refractivity contribution is 8.20. The number of thioether (sulfide) groups is 2. The monoisotopic (exact) mass is 292 g/mol. The van der Waals surface area contributed by atoms with Crippen molar-refractivity contribution in [2.24, 2.45) is 0 Å². The Kier molecular flexibility index (Phi) is 2.41. The molecule has 4 nitrogen and oxygen atoms in total. The first-order chi connectivity index (χ1) is 9.20. The van der Waals surface area contributed by atoms with Crippen molar-refractivity contribution < 1.29 is 0 Å². The number of aromatic amines is 2. The second-order valence-corrected chi connectivity index (χ2v) is 7.92. The van der Waals surface area contributed by atoms with E-state index in [-0.39, 0.29) is 9.64 Å². The van der Waals surface area contributed by atoms with Crippen LogP contribution in [0.2, 0.25) is 0 Å². The molecule has 1 fully saturated rings. The summed E-state index contributed by atoms with van der Waals surface area (Å²) in [5, 5.41) is 0.669. The summed E-state index contributed by atoms with van der Waals surface area (Å²) in [7, 11) is 0. The molecule has 0 saturated carbocycles. The summed E-state index contributed by atoms with van der Waals surface area (Å²) >= 11 is 3.98. The lowest BCUT2D eigenvalue weighted by molar-refractivity contribution is 0.845. The first-order valence-corrected chi connectivity index (χ1v) is 8.23. The molecule has 0 unspecified atom stereocenters. The molecule has 0 amide bonds. The first-order valence-electron chi connectivity index (χ1n) is 6.26. The summed E-state index contributed by atoms with van der Waals surface area (Å²) in [6.07, 6.45) is 2.00. The number of benzene rings is 1. The lowest BCUT2D eigenvalue weighted by Crippen LogP contribution is -2.23.